The van der Waals surface area contributed by atoms with E-state index in [9.17, 15) is 0 Å². The Morgan fingerprint density at radius 1 is 1.19 bits per heavy atom. The van der Waals surface area contributed by atoms with Crippen LogP contribution in [0.4, 0.5) is 0 Å². The minimum Gasteiger partial charge on any atom is -0.491 e. The molecular weight excluding hydrogens is 262 g/mol. The van der Waals surface area contributed by atoms with Gasteiger partial charge in [0, 0.05) is 17.8 Å². The topological polar surface area (TPSA) is 39.1 Å². The third-order valence-corrected chi connectivity index (χ3v) is 3.54. The quantitative estimate of drug-likeness (QED) is 0.811. The molecule has 0 saturated heterocycles. The molecular formula is C17H25N3O. The van der Waals surface area contributed by atoms with Gasteiger partial charge < -0.3 is 10.1 Å². The highest BCUT2D eigenvalue weighted by Crippen LogP contribution is 2.17. The molecule has 2 rings (SSSR count). The fourth-order valence-corrected chi connectivity index (χ4v) is 2.39. The second-order valence-corrected chi connectivity index (χ2v) is 5.04. The summed E-state index contributed by atoms with van der Waals surface area (Å²) in [6.45, 7) is 6.54. The number of nitrogens with zero attached hydrogens (tertiary/aromatic N) is 2. The van der Waals surface area contributed by atoms with Gasteiger partial charge in [-0.15, -0.1) is 0 Å². The number of nitrogens with one attached hydrogen (secondary N) is 1. The van der Waals surface area contributed by atoms with E-state index in [2.05, 4.69) is 41.1 Å². The predicted octanol–water partition coefficient (Wildman–Crippen LogP) is 2.81. The van der Waals surface area contributed by atoms with E-state index in [1.54, 1.807) is 0 Å². The predicted molar refractivity (Wildman–Crippen MR) is 85.7 cm³/mol. The van der Waals surface area contributed by atoms with Crippen molar-refractivity contribution in [2.24, 2.45) is 0 Å². The van der Waals surface area contributed by atoms with Crippen LogP contribution in [0.15, 0.2) is 30.3 Å². The number of para-hydroxylation sites is 1. The standard InChI is InChI=1S/C17H25N3O/c1-4-15-12-16(5-2)20(19-15)10-11-21-17-9-7-6-8-14(17)13-18-3/h6-9,12,18H,4-5,10-11,13H2,1-3H3. The molecule has 0 atom stereocenters. The number of aryl methyl sites for hydroxylation is 2. The molecule has 0 fully saturated rings. The summed E-state index contributed by atoms with van der Waals surface area (Å²) in [7, 11) is 1.94. The van der Waals surface area contributed by atoms with Gasteiger partial charge in [-0.3, -0.25) is 4.68 Å². The molecule has 0 bridgehead atoms. The first-order chi connectivity index (χ1) is 10.3. The maximum atomic E-state index is 5.94. The van der Waals surface area contributed by atoms with Crippen molar-refractivity contribution >= 4 is 0 Å². The first kappa shape index (κ1) is 15.6. The first-order valence-corrected chi connectivity index (χ1v) is 7.69. The van der Waals surface area contributed by atoms with Gasteiger partial charge in [-0.1, -0.05) is 32.0 Å². The van der Waals surface area contributed by atoms with Crippen molar-refractivity contribution in [3.63, 3.8) is 0 Å². The molecule has 0 amide bonds. The monoisotopic (exact) mass is 287 g/mol. The second-order valence-electron chi connectivity index (χ2n) is 5.04. The molecule has 1 heterocycles. The average molecular weight is 287 g/mol. The molecule has 0 aliphatic rings. The van der Waals surface area contributed by atoms with Crippen LogP contribution >= 0.6 is 0 Å². The second kappa shape index (κ2) is 7.84. The Hall–Kier alpha value is -1.81. The van der Waals surface area contributed by atoms with E-state index in [1.807, 2.05) is 25.2 Å². The fraction of sp³-hybridized carbons (Fsp3) is 0.471. The smallest absolute Gasteiger partial charge is 0.123 e. The van der Waals surface area contributed by atoms with E-state index in [0.717, 1.165) is 37.4 Å². The Labute approximate surface area is 127 Å². The number of hydrogen-bond acceptors (Lipinski definition) is 3. The van der Waals surface area contributed by atoms with Crippen LogP contribution in [-0.2, 0) is 25.9 Å². The first-order valence-electron chi connectivity index (χ1n) is 7.69. The van der Waals surface area contributed by atoms with Crippen molar-refractivity contribution in [2.75, 3.05) is 13.7 Å². The van der Waals surface area contributed by atoms with E-state index in [-0.39, 0.29) is 0 Å². The molecule has 4 heteroatoms. The molecule has 0 saturated carbocycles. The van der Waals surface area contributed by atoms with Crippen LogP contribution in [0.1, 0.15) is 30.8 Å². The summed E-state index contributed by atoms with van der Waals surface area (Å²) in [5.41, 5.74) is 3.62. The third kappa shape index (κ3) is 4.08. The van der Waals surface area contributed by atoms with Gasteiger partial charge in [0.2, 0.25) is 0 Å². The molecule has 0 aliphatic heterocycles. The maximum absolute atomic E-state index is 5.94. The Kier molecular flexibility index (Phi) is 5.81. The van der Waals surface area contributed by atoms with Crippen LogP contribution in [-0.4, -0.2) is 23.4 Å². The van der Waals surface area contributed by atoms with Gasteiger partial charge in [0.05, 0.1) is 12.2 Å². The van der Waals surface area contributed by atoms with Gasteiger partial charge in [0.1, 0.15) is 12.4 Å². The van der Waals surface area contributed by atoms with Crippen molar-refractivity contribution in [1.29, 1.82) is 0 Å². The van der Waals surface area contributed by atoms with Gasteiger partial charge in [-0.05, 0) is 32.0 Å². The van der Waals surface area contributed by atoms with Crippen LogP contribution in [0.5, 0.6) is 5.75 Å². The highest BCUT2D eigenvalue weighted by atomic mass is 16.5. The zero-order valence-electron chi connectivity index (χ0n) is 13.2. The molecule has 0 spiro atoms. The van der Waals surface area contributed by atoms with Crippen molar-refractivity contribution in [2.45, 2.75) is 39.8 Å². The van der Waals surface area contributed by atoms with Crippen molar-refractivity contribution in [1.82, 2.24) is 15.1 Å². The van der Waals surface area contributed by atoms with Crippen LogP contribution in [0.2, 0.25) is 0 Å². The summed E-state index contributed by atoms with van der Waals surface area (Å²) >= 11 is 0. The van der Waals surface area contributed by atoms with Gasteiger partial charge >= 0.3 is 0 Å². The Morgan fingerprint density at radius 2 is 2.00 bits per heavy atom. The lowest BCUT2D eigenvalue weighted by atomic mass is 10.2. The van der Waals surface area contributed by atoms with E-state index in [1.165, 1.54) is 11.3 Å². The van der Waals surface area contributed by atoms with Gasteiger partial charge in [0.25, 0.3) is 0 Å². The summed E-state index contributed by atoms with van der Waals surface area (Å²) in [6, 6.07) is 10.3. The summed E-state index contributed by atoms with van der Waals surface area (Å²) in [4.78, 5) is 0. The third-order valence-electron chi connectivity index (χ3n) is 3.54. The van der Waals surface area contributed by atoms with E-state index in [0.29, 0.717) is 6.61 Å². The Bertz CT molecular complexity index is 563. The number of hydrogen-bond donors (Lipinski definition) is 1. The van der Waals surface area contributed by atoms with Crippen molar-refractivity contribution < 1.29 is 4.74 Å². The Balaban J connectivity index is 1.97. The number of aromatic nitrogens is 2. The SMILES string of the molecule is CCc1cc(CC)n(CCOc2ccccc2CNC)n1. The Morgan fingerprint density at radius 3 is 2.71 bits per heavy atom. The number of ether oxygens (including phenoxy) is 1. The minimum absolute atomic E-state index is 0.637. The summed E-state index contributed by atoms with van der Waals surface area (Å²) in [5.74, 6) is 0.952. The zero-order chi connectivity index (χ0) is 15.1. The number of benzene rings is 1. The van der Waals surface area contributed by atoms with Crippen LogP contribution in [0.25, 0.3) is 0 Å². The summed E-state index contributed by atoms with van der Waals surface area (Å²) < 4.78 is 8.00. The minimum atomic E-state index is 0.637. The average Bonchev–Trinajstić information content (AvgIpc) is 2.92. The molecule has 1 aromatic carbocycles. The fourth-order valence-electron chi connectivity index (χ4n) is 2.39. The van der Waals surface area contributed by atoms with Crippen molar-refractivity contribution in [3.05, 3.63) is 47.3 Å². The molecule has 1 aromatic heterocycles. The summed E-state index contributed by atoms with van der Waals surface area (Å²) in [6.07, 6.45) is 1.98. The maximum Gasteiger partial charge on any atom is 0.123 e. The lowest BCUT2D eigenvalue weighted by Gasteiger charge is -2.12. The van der Waals surface area contributed by atoms with Crippen LogP contribution < -0.4 is 10.1 Å². The van der Waals surface area contributed by atoms with Gasteiger partial charge in [-0.2, -0.15) is 5.10 Å². The molecule has 0 radical (unpaired) electrons. The molecule has 21 heavy (non-hydrogen) atoms. The van der Waals surface area contributed by atoms with E-state index in [4.69, 9.17) is 4.74 Å². The van der Waals surface area contributed by atoms with E-state index >= 15 is 0 Å². The van der Waals surface area contributed by atoms with E-state index < -0.39 is 0 Å². The molecule has 2 aromatic rings. The number of rotatable bonds is 8. The molecule has 114 valence electrons. The molecule has 0 aliphatic carbocycles. The van der Waals surface area contributed by atoms with Gasteiger partial charge in [-0.25, -0.2) is 0 Å². The van der Waals surface area contributed by atoms with Gasteiger partial charge in [0.15, 0.2) is 0 Å². The van der Waals surface area contributed by atoms with Crippen LogP contribution in [0.3, 0.4) is 0 Å². The lowest BCUT2D eigenvalue weighted by Crippen LogP contribution is -2.13. The zero-order valence-corrected chi connectivity index (χ0v) is 13.2. The highest BCUT2D eigenvalue weighted by Gasteiger charge is 2.06. The van der Waals surface area contributed by atoms with Crippen molar-refractivity contribution in [3.8, 4) is 5.75 Å². The molecule has 4 nitrogen and oxygen atoms in total. The largest absolute Gasteiger partial charge is 0.491 e. The highest BCUT2D eigenvalue weighted by molar-refractivity contribution is 5.33. The summed E-state index contributed by atoms with van der Waals surface area (Å²) in [5, 5.41) is 7.78. The molecule has 0 unspecified atom stereocenters. The molecule has 1 N–H and O–H groups in total. The van der Waals surface area contributed by atoms with Crippen LogP contribution in [0, 0.1) is 0 Å². The normalized spacial score (nSPS) is 10.8. The lowest BCUT2D eigenvalue weighted by molar-refractivity contribution is 0.286.